The molecule has 0 amide bonds. The molecule has 4 nitrogen and oxygen atoms in total. The van der Waals surface area contributed by atoms with Gasteiger partial charge in [-0.25, -0.2) is 13.1 Å². The maximum Gasteiger partial charge on any atom is 0.212 e. The van der Waals surface area contributed by atoms with Crippen LogP contribution in [0.25, 0.3) is 0 Å². The lowest BCUT2D eigenvalue weighted by atomic mass is 9.97. The first kappa shape index (κ1) is 14.9. The molecule has 5 heteroatoms. The molecule has 1 unspecified atom stereocenters. The molecule has 0 aromatic heterocycles. The van der Waals surface area contributed by atoms with Crippen LogP contribution in [0.15, 0.2) is 0 Å². The van der Waals surface area contributed by atoms with E-state index >= 15 is 0 Å². The molecule has 0 bridgehead atoms. The zero-order valence-corrected chi connectivity index (χ0v) is 10.9. The van der Waals surface area contributed by atoms with Gasteiger partial charge in [0.15, 0.2) is 0 Å². The molecule has 0 rings (SSSR count). The summed E-state index contributed by atoms with van der Waals surface area (Å²) in [5.74, 6) is 0.242. The van der Waals surface area contributed by atoms with Crippen molar-refractivity contribution in [2.24, 2.45) is 5.92 Å². The SMILES string of the molecule is CCC(C)(CCO)NS(=O)(=O)CC(C)C. The number of aliphatic hydroxyl groups excluding tert-OH is 1. The monoisotopic (exact) mass is 237 g/mol. The number of hydrogen-bond acceptors (Lipinski definition) is 3. The molecule has 2 N–H and O–H groups in total. The summed E-state index contributed by atoms with van der Waals surface area (Å²) in [4.78, 5) is 0. The van der Waals surface area contributed by atoms with Crippen LogP contribution in [0, 0.1) is 5.92 Å². The van der Waals surface area contributed by atoms with Crippen LogP contribution < -0.4 is 4.72 Å². The molecule has 92 valence electrons. The van der Waals surface area contributed by atoms with E-state index in [0.717, 1.165) is 0 Å². The van der Waals surface area contributed by atoms with Gasteiger partial charge in [0.2, 0.25) is 10.0 Å². The first-order valence-corrected chi connectivity index (χ1v) is 7.02. The molecular weight excluding hydrogens is 214 g/mol. The molecule has 0 fully saturated rings. The summed E-state index contributed by atoms with van der Waals surface area (Å²) >= 11 is 0. The van der Waals surface area contributed by atoms with Crippen LogP contribution in [-0.2, 0) is 10.0 Å². The van der Waals surface area contributed by atoms with Gasteiger partial charge in [-0.1, -0.05) is 20.8 Å². The Morgan fingerprint density at radius 2 is 1.93 bits per heavy atom. The predicted octanol–water partition coefficient (Wildman–Crippen LogP) is 1.11. The van der Waals surface area contributed by atoms with E-state index in [9.17, 15) is 8.42 Å². The van der Waals surface area contributed by atoms with Crippen molar-refractivity contribution in [1.29, 1.82) is 0 Å². The van der Waals surface area contributed by atoms with Gasteiger partial charge < -0.3 is 5.11 Å². The lowest BCUT2D eigenvalue weighted by Crippen LogP contribution is -2.47. The maximum absolute atomic E-state index is 11.7. The summed E-state index contributed by atoms with van der Waals surface area (Å²) in [6.45, 7) is 7.46. The minimum Gasteiger partial charge on any atom is -0.396 e. The van der Waals surface area contributed by atoms with E-state index in [0.29, 0.717) is 12.8 Å². The van der Waals surface area contributed by atoms with Crippen LogP contribution in [0.3, 0.4) is 0 Å². The number of sulfonamides is 1. The molecule has 0 heterocycles. The number of nitrogens with one attached hydrogen (secondary N) is 1. The Balaban J connectivity index is 4.53. The molecule has 0 aromatic carbocycles. The van der Waals surface area contributed by atoms with Gasteiger partial charge in [0, 0.05) is 12.1 Å². The topological polar surface area (TPSA) is 66.4 Å². The van der Waals surface area contributed by atoms with Crippen molar-refractivity contribution < 1.29 is 13.5 Å². The van der Waals surface area contributed by atoms with Crippen LogP contribution in [0.2, 0.25) is 0 Å². The highest BCUT2D eigenvalue weighted by molar-refractivity contribution is 7.89. The van der Waals surface area contributed by atoms with Gasteiger partial charge in [-0.3, -0.25) is 0 Å². The van der Waals surface area contributed by atoms with Crippen molar-refractivity contribution in [3.63, 3.8) is 0 Å². The molecule has 0 spiro atoms. The number of aliphatic hydroxyl groups is 1. The van der Waals surface area contributed by atoms with E-state index in [1.807, 2.05) is 27.7 Å². The molecule has 0 aliphatic rings. The van der Waals surface area contributed by atoms with Crippen LogP contribution in [0.4, 0.5) is 0 Å². The molecule has 0 saturated carbocycles. The smallest absolute Gasteiger partial charge is 0.212 e. The minimum atomic E-state index is -3.23. The summed E-state index contributed by atoms with van der Waals surface area (Å²) in [5.41, 5.74) is -0.525. The average molecular weight is 237 g/mol. The van der Waals surface area contributed by atoms with Crippen LogP contribution in [0.1, 0.15) is 40.5 Å². The standard InChI is InChI=1S/C10H23NO3S/c1-5-10(4,6-7-12)11-15(13,14)8-9(2)3/h9,11-12H,5-8H2,1-4H3. The van der Waals surface area contributed by atoms with E-state index in [1.54, 1.807) is 0 Å². The van der Waals surface area contributed by atoms with Gasteiger partial charge in [0.25, 0.3) is 0 Å². The zero-order valence-electron chi connectivity index (χ0n) is 10.1. The van der Waals surface area contributed by atoms with Gasteiger partial charge in [-0.15, -0.1) is 0 Å². The van der Waals surface area contributed by atoms with Gasteiger partial charge in [0.1, 0.15) is 0 Å². The highest BCUT2D eigenvalue weighted by atomic mass is 32.2. The Morgan fingerprint density at radius 3 is 2.27 bits per heavy atom. The maximum atomic E-state index is 11.7. The predicted molar refractivity (Wildman–Crippen MR) is 62.2 cm³/mol. The highest BCUT2D eigenvalue weighted by Crippen LogP contribution is 2.16. The fraction of sp³-hybridized carbons (Fsp3) is 1.00. The van der Waals surface area contributed by atoms with Gasteiger partial charge in [0.05, 0.1) is 5.75 Å². The Labute approximate surface area is 93.1 Å². The Morgan fingerprint density at radius 1 is 1.40 bits per heavy atom. The van der Waals surface area contributed by atoms with Crippen molar-refractivity contribution in [3.05, 3.63) is 0 Å². The summed E-state index contributed by atoms with van der Waals surface area (Å²) in [5, 5.41) is 8.88. The van der Waals surface area contributed by atoms with Gasteiger partial charge >= 0.3 is 0 Å². The molecule has 1 atom stereocenters. The molecule has 0 aliphatic carbocycles. The minimum absolute atomic E-state index is 0.00542. The second kappa shape index (κ2) is 5.82. The van der Waals surface area contributed by atoms with Crippen molar-refractivity contribution in [2.75, 3.05) is 12.4 Å². The lowest BCUT2D eigenvalue weighted by molar-refractivity contribution is 0.233. The summed E-state index contributed by atoms with van der Waals surface area (Å²) in [6.07, 6.45) is 1.12. The van der Waals surface area contributed by atoms with Gasteiger partial charge in [-0.05, 0) is 25.7 Å². The summed E-state index contributed by atoms with van der Waals surface area (Å²) in [7, 11) is -3.23. The number of rotatable bonds is 7. The third kappa shape index (κ3) is 6.12. The molecule has 0 saturated heterocycles. The Hall–Kier alpha value is -0.130. The molecule has 0 aliphatic heterocycles. The highest BCUT2D eigenvalue weighted by Gasteiger charge is 2.27. The Bertz CT molecular complexity index is 274. The van der Waals surface area contributed by atoms with E-state index in [2.05, 4.69) is 4.72 Å². The van der Waals surface area contributed by atoms with E-state index in [4.69, 9.17) is 5.11 Å². The van der Waals surface area contributed by atoms with Crippen molar-refractivity contribution in [2.45, 2.75) is 46.1 Å². The zero-order chi connectivity index (χ0) is 12.1. The third-order valence-electron chi connectivity index (χ3n) is 2.40. The molecule has 0 radical (unpaired) electrons. The van der Waals surface area contributed by atoms with E-state index in [1.165, 1.54) is 0 Å². The van der Waals surface area contributed by atoms with Crippen molar-refractivity contribution in [1.82, 2.24) is 4.72 Å². The van der Waals surface area contributed by atoms with Crippen molar-refractivity contribution >= 4 is 10.0 Å². The van der Waals surface area contributed by atoms with Gasteiger partial charge in [-0.2, -0.15) is 0 Å². The second-order valence-corrected chi connectivity index (χ2v) is 6.43. The second-order valence-electron chi connectivity index (χ2n) is 4.67. The summed E-state index contributed by atoms with van der Waals surface area (Å²) in [6, 6.07) is 0. The first-order chi connectivity index (χ1) is 6.74. The van der Waals surface area contributed by atoms with Crippen LogP contribution >= 0.6 is 0 Å². The van der Waals surface area contributed by atoms with Crippen LogP contribution in [0.5, 0.6) is 0 Å². The largest absolute Gasteiger partial charge is 0.396 e. The molecule has 0 aromatic rings. The normalized spacial score (nSPS) is 16.7. The number of hydrogen-bond donors (Lipinski definition) is 2. The fourth-order valence-electron chi connectivity index (χ4n) is 1.40. The van der Waals surface area contributed by atoms with Crippen LogP contribution in [-0.4, -0.2) is 31.4 Å². The lowest BCUT2D eigenvalue weighted by Gasteiger charge is -2.28. The third-order valence-corrected chi connectivity index (χ3v) is 4.31. The molecule has 15 heavy (non-hydrogen) atoms. The first-order valence-electron chi connectivity index (χ1n) is 5.37. The fourth-order valence-corrected chi connectivity index (χ4v) is 3.36. The average Bonchev–Trinajstić information content (AvgIpc) is 2.00. The molecular formula is C10H23NO3S. The van der Waals surface area contributed by atoms with E-state index < -0.39 is 15.6 Å². The van der Waals surface area contributed by atoms with Crippen molar-refractivity contribution in [3.8, 4) is 0 Å². The quantitative estimate of drug-likeness (QED) is 0.697. The van der Waals surface area contributed by atoms with E-state index in [-0.39, 0.29) is 18.3 Å². The summed E-state index contributed by atoms with van der Waals surface area (Å²) < 4.78 is 26.1. The Kier molecular flexibility index (Phi) is 5.77.